The van der Waals surface area contributed by atoms with E-state index in [4.69, 9.17) is 0 Å². The van der Waals surface area contributed by atoms with E-state index in [-0.39, 0.29) is 12.1 Å². The SMILES string of the molecule is Cc1ccc(C)c(Cn2c(=O)c3cccnc3n(-c3ccccc3)c2=O)c1. The number of fused-ring (bicyclic) bond motifs is 1. The standard InChI is InChI=1S/C22H19N3O2/c1-15-10-11-16(2)17(13-15)14-24-21(26)19-9-6-12-23-20(19)25(22(24)27)18-7-4-3-5-8-18/h3-13H,14H2,1-2H3. The molecule has 0 amide bonds. The highest BCUT2D eigenvalue weighted by atomic mass is 16.2. The molecular formula is C22H19N3O2. The lowest BCUT2D eigenvalue weighted by Gasteiger charge is -2.14. The Hall–Kier alpha value is -3.47. The van der Waals surface area contributed by atoms with Gasteiger partial charge in [0.05, 0.1) is 17.6 Å². The summed E-state index contributed by atoms with van der Waals surface area (Å²) < 4.78 is 2.79. The van der Waals surface area contributed by atoms with E-state index in [0.29, 0.717) is 16.7 Å². The third kappa shape index (κ3) is 2.97. The van der Waals surface area contributed by atoms with Crippen molar-refractivity contribution in [3.05, 3.63) is 104 Å². The van der Waals surface area contributed by atoms with Crippen molar-refractivity contribution in [1.82, 2.24) is 14.1 Å². The van der Waals surface area contributed by atoms with Gasteiger partial charge < -0.3 is 0 Å². The molecule has 27 heavy (non-hydrogen) atoms. The number of benzene rings is 2. The second kappa shape index (κ2) is 6.68. The number of hydrogen-bond acceptors (Lipinski definition) is 3. The smallest absolute Gasteiger partial charge is 0.268 e. The molecular weight excluding hydrogens is 338 g/mol. The molecule has 2 aromatic carbocycles. The average molecular weight is 357 g/mol. The molecule has 4 aromatic rings. The summed E-state index contributed by atoms with van der Waals surface area (Å²) in [4.78, 5) is 30.6. The molecule has 0 unspecified atom stereocenters. The van der Waals surface area contributed by atoms with Crippen LogP contribution in [0.25, 0.3) is 16.7 Å². The minimum Gasteiger partial charge on any atom is -0.268 e. The number of nitrogens with zero attached hydrogens (tertiary/aromatic N) is 3. The predicted octanol–water partition coefficient (Wildman–Crippen LogP) is 3.21. The van der Waals surface area contributed by atoms with E-state index >= 15 is 0 Å². The minimum absolute atomic E-state index is 0.225. The van der Waals surface area contributed by atoms with Crippen LogP contribution >= 0.6 is 0 Å². The van der Waals surface area contributed by atoms with Gasteiger partial charge in [-0.05, 0) is 49.2 Å². The van der Waals surface area contributed by atoms with E-state index in [0.717, 1.165) is 16.7 Å². The molecule has 0 aliphatic carbocycles. The average Bonchev–Trinajstić information content (AvgIpc) is 2.69. The van der Waals surface area contributed by atoms with Gasteiger partial charge in [0.25, 0.3) is 5.56 Å². The Bertz CT molecular complexity index is 1250. The highest BCUT2D eigenvalue weighted by Crippen LogP contribution is 2.14. The van der Waals surface area contributed by atoms with Crippen molar-refractivity contribution in [1.29, 1.82) is 0 Å². The first kappa shape index (κ1) is 17.0. The second-order valence-electron chi connectivity index (χ2n) is 6.65. The molecule has 134 valence electrons. The molecule has 0 aliphatic rings. The minimum atomic E-state index is -0.390. The molecule has 0 fully saturated rings. The topological polar surface area (TPSA) is 56.9 Å². The van der Waals surface area contributed by atoms with Gasteiger partial charge >= 0.3 is 5.69 Å². The fourth-order valence-corrected chi connectivity index (χ4v) is 3.28. The van der Waals surface area contributed by atoms with E-state index in [1.54, 1.807) is 18.3 Å². The van der Waals surface area contributed by atoms with Gasteiger partial charge in [0, 0.05) is 6.20 Å². The number of rotatable bonds is 3. The van der Waals surface area contributed by atoms with Crippen molar-refractivity contribution in [3.63, 3.8) is 0 Å². The monoisotopic (exact) mass is 357 g/mol. The van der Waals surface area contributed by atoms with Crippen LogP contribution in [-0.4, -0.2) is 14.1 Å². The van der Waals surface area contributed by atoms with Crippen LogP contribution in [0.5, 0.6) is 0 Å². The lowest BCUT2D eigenvalue weighted by atomic mass is 10.1. The first-order valence-corrected chi connectivity index (χ1v) is 8.78. The van der Waals surface area contributed by atoms with Crippen molar-refractivity contribution in [2.75, 3.05) is 0 Å². The third-order valence-corrected chi connectivity index (χ3v) is 4.74. The molecule has 0 atom stereocenters. The molecule has 0 saturated carbocycles. The fraction of sp³-hybridized carbons (Fsp3) is 0.136. The van der Waals surface area contributed by atoms with Crippen LogP contribution in [0.1, 0.15) is 16.7 Å². The fourth-order valence-electron chi connectivity index (χ4n) is 3.28. The van der Waals surface area contributed by atoms with Crippen LogP contribution in [0.15, 0.2) is 76.4 Å². The number of pyridine rings is 1. The summed E-state index contributed by atoms with van der Waals surface area (Å²) in [7, 11) is 0. The zero-order chi connectivity index (χ0) is 19.0. The van der Waals surface area contributed by atoms with E-state index in [9.17, 15) is 9.59 Å². The molecule has 0 spiro atoms. The van der Waals surface area contributed by atoms with Crippen LogP contribution in [0.3, 0.4) is 0 Å². The lowest BCUT2D eigenvalue weighted by Crippen LogP contribution is -2.40. The Morgan fingerprint density at radius 1 is 0.926 bits per heavy atom. The molecule has 4 rings (SSSR count). The quantitative estimate of drug-likeness (QED) is 0.566. The molecule has 0 aliphatic heterocycles. The van der Waals surface area contributed by atoms with E-state index < -0.39 is 5.69 Å². The van der Waals surface area contributed by atoms with E-state index in [2.05, 4.69) is 4.98 Å². The number of aromatic nitrogens is 3. The Labute approximate surface area is 156 Å². The van der Waals surface area contributed by atoms with Crippen LogP contribution in [0, 0.1) is 13.8 Å². The van der Waals surface area contributed by atoms with Crippen LogP contribution in [0.4, 0.5) is 0 Å². The predicted molar refractivity (Wildman–Crippen MR) is 107 cm³/mol. The van der Waals surface area contributed by atoms with Gasteiger partial charge in [0.15, 0.2) is 5.65 Å². The summed E-state index contributed by atoms with van der Waals surface area (Å²) in [6.07, 6.45) is 1.59. The summed E-state index contributed by atoms with van der Waals surface area (Å²) in [6, 6.07) is 18.7. The normalized spacial score (nSPS) is 11.0. The van der Waals surface area contributed by atoms with E-state index in [1.807, 2.05) is 62.4 Å². The van der Waals surface area contributed by atoms with Crippen LogP contribution < -0.4 is 11.2 Å². The summed E-state index contributed by atoms with van der Waals surface area (Å²) in [5.41, 5.74) is 3.43. The van der Waals surface area contributed by atoms with Gasteiger partial charge in [-0.25, -0.2) is 14.3 Å². The Balaban J connectivity index is 2.03. The highest BCUT2D eigenvalue weighted by Gasteiger charge is 2.16. The van der Waals surface area contributed by atoms with Gasteiger partial charge in [-0.15, -0.1) is 0 Å². The zero-order valence-corrected chi connectivity index (χ0v) is 15.2. The molecule has 5 heteroatoms. The molecule has 0 N–H and O–H groups in total. The van der Waals surface area contributed by atoms with E-state index in [1.165, 1.54) is 9.13 Å². The van der Waals surface area contributed by atoms with Crippen molar-refractivity contribution in [2.45, 2.75) is 20.4 Å². The Morgan fingerprint density at radius 3 is 2.48 bits per heavy atom. The maximum absolute atomic E-state index is 13.3. The molecule has 0 saturated heterocycles. The van der Waals surface area contributed by atoms with Gasteiger partial charge in [-0.2, -0.15) is 0 Å². The van der Waals surface area contributed by atoms with Crippen molar-refractivity contribution in [3.8, 4) is 5.69 Å². The number of hydrogen-bond donors (Lipinski definition) is 0. The molecule has 0 bridgehead atoms. The van der Waals surface area contributed by atoms with Gasteiger partial charge in [0.2, 0.25) is 0 Å². The summed E-state index contributed by atoms with van der Waals surface area (Å²) >= 11 is 0. The van der Waals surface area contributed by atoms with Crippen molar-refractivity contribution >= 4 is 11.0 Å². The Morgan fingerprint density at radius 2 is 1.70 bits per heavy atom. The van der Waals surface area contributed by atoms with Gasteiger partial charge in [-0.1, -0.05) is 42.0 Å². The zero-order valence-electron chi connectivity index (χ0n) is 15.2. The maximum atomic E-state index is 13.3. The lowest BCUT2D eigenvalue weighted by molar-refractivity contribution is 0.680. The molecule has 2 heterocycles. The first-order valence-electron chi connectivity index (χ1n) is 8.78. The van der Waals surface area contributed by atoms with Crippen molar-refractivity contribution in [2.24, 2.45) is 0 Å². The molecule has 2 aromatic heterocycles. The van der Waals surface area contributed by atoms with Crippen molar-refractivity contribution < 1.29 is 0 Å². The summed E-state index contributed by atoms with van der Waals surface area (Å²) in [6.45, 7) is 4.21. The van der Waals surface area contributed by atoms with Crippen LogP contribution in [-0.2, 0) is 6.54 Å². The largest absolute Gasteiger partial charge is 0.337 e. The second-order valence-corrected chi connectivity index (χ2v) is 6.65. The molecule has 5 nitrogen and oxygen atoms in total. The van der Waals surface area contributed by atoms with Crippen LogP contribution in [0.2, 0.25) is 0 Å². The van der Waals surface area contributed by atoms with Gasteiger partial charge in [-0.3, -0.25) is 9.36 Å². The third-order valence-electron chi connectivity index (χ3n) is 4.74. The maximum Gasteiger partial charge on any atom is 0.337 e. The number of aryl methyl sites for hydroxylation is 2. The first-order chi connectivity index (χ1) is 13.1. The molecule has 0 radical (unpaired) electrons. The summed E-state index contributed by atoms with van der Waals surface area (Å²) in [5.74, 6) is 0. The summed E-state index contributed by atoms with van der Waals surface area (Å²) in [5, 5.41) is 0.422. The number of para-hydroxylation sites is 1. The highest BCUT2D eigenvalue weighted by molar-refractivity contribution is 5.75. The van der Waals surface area contributed by atoms with Gasteiger partial charge in [0.1, 0.15) is 0 Å². The Kier molecular flexibility index (Phi) is 4.20.